The molecule has 2 aromatic carbocycles. The van der Waals surface area contributed by atoms with Crippen molar-refractivity contribution in [3.63, 3.8) is 0 Å². The minimum atomic E-state index is -3.93. The molecular formula is C19H23N3O7S. The Balaban J connectivity index is 2.28. The van der Waals surface area contributed by atoms with Gasteiger partial charge in [-0.05, 0) is 45.0 Å². The maximum atomic E-state index is 12.4. The number of nitro benzene ring substituents is 1. The van der Waals surface area contributed by atoms with Gasteiger partial charge in [0, 0.05) is 17.7 Å². The van der Waals surface area contributed by atoms with Gasteiger partial charge < -0.3 is 14.2 Å². The van der Waals surface area contributed by atoms with Gasteiger partial charge in [0.05, 0.1) is 35.9 Å². The Morgan fingerprint density at radius 2 is 1.60 bits per heavy atom. The number of hydrazone groups is 1. The quantitative estimate of drug-likeness (QED) is 0.325. The van der Waals surface area contributed by atoms with Gasteiger partial charge >= 0.3 is 5.69 Å². The first kappa shape index (κ1) is 22.9. The summed E-state index contributed by atoms with van der Waals surface area (Å²) in [7, 11) is -3.93. The summed E-state index contributed by atoms with van der Waals surface area (Å²) in [6.07, 6.45) is 1.14. The zero-order valence-electron chi connectivity index (χ0n) is 16.8. The van der Waals surface area contributed by atoms with Crippen LogP contribution in [0.1, 0.15) is 26.3 Å². The normalized spacial score (nSPS) is 11.3. The lowest BCUT2D eigenvalue weighted by Gasteiger charge is -2.11. The molecule has 0 aliphatic heterocycles. The molecular weight excluding hydrogens is 414 g/mol. The molecule has 0 fully saturated rings. The molecule has 0 aromatic heterocycles. The third kappa shape index (κ3) is 5.83. The molecule has 0 saturated heterocycles. The number of nitrogens with zero attached hydrogens (tertiary/aromatic N) is 2. The van der Waals surface area contributed by atoms with E-state index in [9.17, 15) is 18.5 Å². The van der Waals surface area contributed by atoms with E-state index in [4.69, 9.17) is 14.2 Å². The summed E-state index contributed by atoms with van der Waals surface area (Å²) >= 11 is 0. The Morgan fingerprint density at radius 1 is 1.00 bits per heavy atom. The van der Waals surface area contributed by atoms with Crippen molar-refractivity contribution in [2.24, 2.45) is 5.10 Å². The van der Waals surface area contributed by atoms with E-state index in [0.717, 1.165) is 6.21 Å². The Morgan fingerprint density at radius 3 is 2.17 bits per heavy atom. The molecule has 0 aliphatic rings. The lowest BCUT2D eigenvalue weighted by atomic mass is 10.1. The SMILES string of the molecule is CCOc1ccc(S(=O)(=O)N/N=C/c2cc([N+](=O)[O-])c(OCC)cc2OCC)cc1. The predicted molar refractivity (Wildman–Crippen MR) is 111 cm³/mol. The molecule has 162 valence electrons. The van der Waals surface area contributed by atoms with Gasteiger partial charge in [-0.15, -0.1) is 0 Å². The van der Waals surface area contributed by atoms with E-state index >= 15 is 0 Å². The Bertz CT molecular complexity index is 1010. The van der Waals surface area contributed by atoms with Gasteiger partial charge in [0.25, 0.3) is 10.0 Å². The summed E-state index contributed by atoms with van der Waals surface area (Å²) in [4.78, 5) is 12.8. The average molecular weight is 437 g/mol. The van der Waals surface area contributed by atoms with Gasteiger partial charge in [-0.25, -0.2) is 4.83 Å². The summed E-state index contributed by atoms with van der Waals surface area (Å²) in [6, 6.07) is 8.43. The lowest BCUT2D eigenvalue weighted by molar-refractivity contribution is -0.385. The molecule has 11 heteroatoms. The molecule has 0 atom stereocenters. The molecule has 0 unspecified atom stereocenters. The Kier molecular flexibility index (Phi) is 7.98. The Hall–Kier alpha value is -3.34. The summed E-state index contributed by atoms with van der Waals surface area (Å²) < 4.78 is 40.8. The molecule has 0 heterocycles. The average Bonchev–Trinajstić information content (AvgIpc) is 2.70. The fourth-order valence-corrected chi connectivity index (χ4v) is 3.25. The van der Waals surface area contributed by atoms with Crippen LogP contribution in [-0.2, 0) is 10.0 Å². The van der Waals surface area contributed by atoms with E-state index < -0.39 is 14.9 Å². The predicted octanol–water partition coefficient (Wildman–Crippen LogP) is 3.10. The van der Waals surface area contributed by atoms with Crippen molar-refractivity contribution in [2.45, 2.75) is 25.7 Å². The second-order valence-electron chi connectivity index (χ2n) is 5.74. The van der Waals surface area contributed by atoms with Crippen LogP contribution in [0.2, 0.25) is 0 Å². The minimum Gasteiger partial charge on any atom is -0.494 e. The number of hydrogen-bond donors (Lipinski definition) is 1. The number of rotatable bonds is 11. The number of hydrogen-bond acceptors (Lipinski definition) is 8. The maximum Gasteiger partial charge on any atom is 0.311 e. The molecule has 0 aliphatic carbocycles. The number of nitrogens with one attached hydrogen (secondary N) is 1. The van der Waals surface area contributed by atoms with E-state index in [0.29, 0.717) is 19.0 Å². The molecule has 0 spiro atoms. The highest BCUT2D eigenvalue weighted by atomic mass is 32.2. The van der Waals surface area contributed by atoms with Crippen LogP contribution in [0.25, 0.3) is 0 Å². The van der Waals surface area contributed by atoms with Crippen LogP contribution in [-0.4, -0.2) is 39.4 Å². The summed E-state index contributed by atoms with van der Waals surface area (Å²) in [5.41, 5.74) is -0.0579. The van der Waals surface area contributed by atoms with E-state index in [1.807, 2.05) is 6.92 Å². The highest BCUT2D eigenvalue weighted by molar-refractivity contribution is 7.89. The van der Waals surface area contributed by atoms with Crippen molar-refractivity contribution in [3.05, 3.63) is 52.1 Å². The summed E-state index contributed by atoms with van der Waals surface area (Å²) in [5.74, 6) is 0.872. The van der Waals surface area contributed by atoms with E-state index in [2.05, 4.69) is 9.93 Å². The van der Waals surface area contributed by atoms with Crippen LogP contribution in [0, 0.1) is 10.1 Å². The van der Waals surface area contributed by atoms with Gasteiger partial charge in [-0.2, -0.15) is 13.5 Å². The van der Waals surface area contributed by atoms with Crippen LogP contribution in [0.5, 0.6) is 17.2 Å². The Labute approximate surface area is 174 Å². The molecule has 1 N–H and O–H groups in total. The van der Waals surface area contributed by atoms with Crippen LogP contribution in [0.4, 0.5) is 5.69 Å². The highest BCUT2D eigenvalue weighted by Crippen LogP contribution is 2.34. The standard InChI is InChI=1S/C19H23N3O7S/c1-4-27-15-7-9-16(10-8-15)30(25,26)21-20-13-14-11-17(22(23)24)19(29-6-3)12-18(14)28-5-2/h7-13,21H,4-6H2,1-3H3/b20-13+. The first-order valence-electron chi connectivity index (χ1n) is 9.18. The van der Waals surface area contributed by atoms with Gasteiger partial charge in [0.1, 0.15) is 11.5 Å². The number of sulfonamides is 1. The van der Waals surface area contributed by atoms with Crippen LogP contribution >= 0.6 is 0 Å². The molecule has 2 aromatic rings. The van der Waals surface area contributed by atoms with Crippen molar-refractivity contribution in [3.8, 4) is 17.2 Å². The fourth-order valence-electron chi connectivity index (χ4n) is 2.46. The van der Waals surface area contributed by atoms with Crippen molar-refractivity contribution < 1.29 is 27.6 Å². The molecule has 0 radical (unpaired) electrons. The smallest absolute Gasteiger partial charge is 0.311 e. The van der Waals surface area contributed by atoms with Gasteiger partial charge in [0.15, 0.2) is 0 Å². The van der Waals surface area contributed by atoms with Crippen LogP contribution in [0.3, 0.4) is 0 Å². The zero-order valence-corrected chi connectivity index (χ0v) is 17.6. The van der Waals surface area contributed by atoms with Crippen molar-refractivity contribution in [2.75, 3.05) is 19.8 Å². The summed E-state index contributed by atoms with van der Waals surface area (Å²) in [6.45, 7) is 6.27. The van der Waals surface area contributed by atoms with Crippen LogP contribution in [0.15, 0.2) is 46.4 Å². The molecule has 10 nitrogen and oxygen atoms in total. The summed E-state index contributed by atoms with van der Waals surface area (Å²) in [5, 5.41) is 15.1. The molecule has 30 heavy (non-hydrogen) atoms. The van der Waals surface area contributed by atoms with Crippen molar-refractivity contribution >= 4 is 21.9 Å². The van der Waals surface area contributed by atoms with E-state index in [1.54, 1.807) is 13.8 Å². The van der Waals surface area contributed by atoms with E-state index in [1.165, 1.54) is 36.4 Å². The van der Waals surface area contributed by atoms with Crippen molar-refractivity contribution in [1.29, 1.82) is 0 Å². The van der Waals surface area contributed by atoms with Gasteiger partial charge in [-0.1, -0.05) is 0 Å². The molecule has 0 saturated carbocycles. The number of nitro groups is 1. The monoisotopic (exact) mass is 437 g/mol. The number of benzene rings is 2. The first-order valence-corrected chi connectivity index (χ1v) is 10.7. The topological polar surface area (TPSA) is 129 Å². The largest absolute Gasteiger partial charge is 0.494 e. The molecule has 0 amide bonds. The molecule has 2 rings (SSSR count). The minimum absolute atomic E-state index is 0.00851. The maximum absolute atomic E-state index is 12.4. The lowest BCUT2D eigenvalue weighted by Crippen LogP contribution is -2.18. The van der Waals surface area contributed by atoms with Gasteiger partial charge in [-0.3, -0.25) is 10.1 Å². The van der Waals surface area contributed by atoms with Crippen molar-refractivity contribution in [1.82, 2.24) is 4.83 Å². The zero-order chi connectivity index (χ0) is 22.1. The van der Waals surface area contributed by atoms with Crippen LogP contribution < -0.4 is 19.0 Å². The second kappa shape index (κ2) is 10.4. The first-order chi connectivity index (χ1) is 14.3. The third-order valence-electron chi connectivity index (χ3n) is 3.71. The highest BCUT2D eigenvalue weighted by Gasteiger charge is 2.20. The second-order valence-corrected chi connectivity index (χ2v) is 7.40. The third-order valence-corrected chi connectivity index (χ3v) is 4.95. The van der Waals surface area contributed by atoms with Gasteiger partial charge in [0.2, 0.25) is 5.75 Å². The number of ether oxygens (including phenoxy) is 3. The fraction of sp³-hybridized carbons (Fsp3) is 0.316. The van der Waals surface area contributed by atoms with E-state index in [-0.39, 0.29) is 34.3 Å². The molecule has 0 bridgehead atoms.